The molecular formula is C27H26F3NO. The van der Waals surface area contributed by atoms with Crippen molar-refractivity contribution in [2.24, 2.45) is 0 Å². The van der Waals surface area contributed by atoms with Crippen molar-refractivity contribution < 1.29 is 18.0 Å². The van der Waals surface area contributed by atoms with Gasteiger partial charge in [0.25, 0.3) is 5.78 Å². The van der Waals surface area contributed by atoms with E-state index in [1.54, 1.807) is 12.1 Å². The van der Waals surface area contributed by atoms with E-state index in [2.05, 4.69) is 62.9 Å². The van der Waals surface area contributed by atoms with Crippen LogP contribution in [0.15, 0.2) is 60.7 Å². The summed E-state index contributed by atoms with van der Waals surface area (Å²) in [4.78, 5) is 13.8. The van der Waals surface area contributed by atoms with Crippen molar-refractivity contribution in [3.63, 3.8) is 0 Å². The van der Waals surface area contributed by atoms with E-state index in [4.69, 9.17) is 0 Å². The van der Waals surface area contributed by atoms with Crippen LogP contribution in [0.3, 0.4) is 0 Å². The van der Waals surface area contributed by atoms with Gasteiger partial charge in [0.1, 0.15) is 0 Å². The number of Topliss-reactive ketones (excluding diaryl/α,β-unsaturated/α-hetero) is 1. The molecule has 166 valence electrons. The van der Waals surface area contributed by atoms with Gasteiger partial charge in [0.2, 0.25) is 0 Å². The lowest BCUT2D eigenvalue weighted by molar-refractivity contribution is -0.0885. The second-order valence-electron chi connectivity index (χ2n) is 8.69. The van der Waals surface area contributed by atoms with Crippen LogP contribution >= 0.6 is 0 Å². The largest absolute Gasteiger partial charge is 0.454 e. The molecule has 0 heterocycles. The Morgan fingerprint density at radius 3 is 1.91 bits per heavy atom. The van der Waals surface area contributed by atoms with E-state index in [-0.39, 0.29) is 11.0 Å². The number of hydrogen-bond donors (Lipinski definition) is 0. The summed E-state index contributed by atoms with van der Waals surface area (Å²) in [6.07, 6.45) is -4.87. The molecule has 0 aromatic heterocycles. The molecule has 0 bridgehead atoms. The third kappa shape index (κ3) is 3.60. The zero-order valence-electron chi connectivity index (χ0n) is 18.7. The van der Waals surface area contributed by atoms with Crippen LogP contribution in [0.25, 0.3) is 22.3 Å². The number of carbonyl (C=O) groups excluding carboxylic acids is 1. The van der Waals surface area contributed by atoms with E-state index in [0.29, 0.717) is 0 Å². The van der Waals surface area contributed by atoms with Gasteiger partial charge in [0.15, 0.2) is 0 Å². The zero-order valence-corrected chi connectivity index (χ0v) is 18.7. The van der Waals surface area contributed by atoms with Crippen LogP contribution in [-0.4, -0.2) is 25.0 Å². The Morgan fingerprint density at radius 1 is 0.812 bits per heavy atom. The van der Waals surface area contributed by atoms with Gasteiger partial charge in [-0.1, -0.05) is 56.3 Å². The van der Waals surface area contributed by atoms with Crippen LogP contribution in [0, 0.1) is 0 Å². The Hall–Kier alpha value is -3.08. The topological polar surface area (TPSA) is 20.3 Å². The number of nitrogens with zero attached hydrogens (tertiary/aromatic N) is 1. The quantitative estimate of drug-likeness (QED) is 0.392. The second kappa shape index (κ2) is 7.80. The number of halogens is 3. The molecule has 3 aromatic rings. The molecule has 0 fully saturated rings. The molecule has 3 aromatic carbocycles. The van der Waals surface area contributed by atoms with Gasteiger partial charge >= 0.3 is 6.18 Å². The highest BCUT2D eigenvalue weighted by molar-refractivity contribution is 6.00. The average molecular weight is 438 g/mol. The van der Waals surface area contributed by atoms with Crippen LogP contribution < -0.4 is 4.90 Å². The Bertz CT molecular complexity index is 1170. The van der Waals surface area contributed by atoms with Crippen LogP contribution in [-0.2, 0) is 5.41 Å². The summed E-state index contributed by atoms with van der Waals surface area (Å²) in [5, 5.41) is 0. The van der Waals surface area contributed by atoms with Gasteiger partial charge in [-0.2, -0.15) is 13.2 Å². The standard InChI is InChI=1S/C27H26F3NO/c1-5-31(6-2)20-12-14-22-21-13-11-19(15-23(21)26(3,4)24(22)16-20)17-7-9-18(10-8-17)25(32)27(28,29)30/h7-16H,5-6H2,1-4H3. The second-order valence-corrected chi connectivity index (χ2v) is 8.69. The molecule has 0 unspecified atom stereocenters. The molecule has 0 radical (unpaired) electrons. The number of ketones is 1. The van der Waals surface area contributed by atoms with E-state index < -0.39 is 12.0 Å². The minimum Gasteiger partial charge on any atom is -0.372 e. The molecule has 0 amide bonds. The molecule has 0 saturated heterocycles. The molecule has 0 aliphatic heterocycles. The molecule has 0 atom stereocenters. The number of carbonyl (C=O) groups is 1. The molecule has 0 saturated carbocycles. The Balaban J connectivity index is 1.72. The minimum absolute atomic E-state index is 0.198. The normalized spacial score (nSPS) is 14.1. The summed E-state index contributed by atoms with van der Waals surface area (Å²) in [5.74, 6) is -1.82. The predicted octanol–water partition coefficient (Wildman–Crippen LogP) is 7.25. The van der Waals surface area contributed by atoms with Gasteiger partial charge in [-0.25, -0.2) is 0 Å². The molecular weight excluding hydrogens is 411 g/mol. The SMILES string of the molecule is CCN(CC)c1ccc2c(c1)C(C)(C)c1cc(-c3ccc(C(=O)C(F)(F)F)cc3)ccc1-2. The highest BCUT2D eigenvalue weighted by Crippen LogP contribution is 2.50. The van der Waals surface area contributed by atoms with Gasteiger partial charge in [-0.05, 0) is 65.4 Å². The lowest BCUT2D eigenvalue weighted by Gasteiger charge is -2.26. The van der Waals surface area contributed by atoms with E-state index in [1.165, 1.54) is 40.1 Å². The van der Waals surface area contributed by atoms with Crippen molar-refractivity contribution in [3.05, 3.63) is 77.4 Å². The van der Waals surface area contributed by atoms with Gasteiger partial charge in [0.05, 0.1) is 0 Å². The average Bonchev–Trinajstić information content (AvgIpc) is 3.00. The lowest BCUT2D eigenvalue weighted by Crippen LogP contribution is -2.23. The molecule has 5 heteroatoms. The zero-order chi connectivity index (χ0) is 23.3. The molecule has 2 nitrogen and oxygen atoms in total. The smallest absolute Gasteiger partial charge is 0.372 e. The first-order chi connectivity index (χ1) is 15.1. The summed E-state index contributed by atoms with van der Waals surface area (Å²) >= 11 is 0. The minimum atomic E-state index is -4.87. The fourth-order valence-corrected chi connectivity index (χ4v) is 4.67. The van der Waals surface area contributed by atoms with Crippen LogP contribution in [0.2, 0.25) is 0 Å². The number of alkyl halides is 3. The maximum atomic E-state index is 12.7. The predicted molar refractivity (Wildman–Crippen MR) is 123 cm³/mol. The number of anilines is 1. The van der Waals surface area contributed by atoms with Crippen molar-refractivity contribution in [3.8, 4) is 22.3 Å². The monoisotopic (exact) mass is 437 g/mol. The van der Waals surface area contributed by atoms with Crippen molar-refractivity contribution >= 4 is 11.5 Å². The van der Waals surface area contributed by atoms with E-state index in [9.17, 15) is 18.0 Å². The van der Waals surface area contributed by atoms with Crippen molar-refractivity contribution in [1.29, 1.82) is 0 Å². The Kier molecular flexibility index (Phi) is 5.40. The molecule has 0 spiro atoms. The van der Waals surface area contributed by atoms with E-state index >= 15 is 0 Å². The first-order valence-corrected chi connectivity index (χ1v) is 10.8. The van der Waals surface area contributed by atoms with Gasteiger partial charge in [0, 0.05) is 29.8 Å². The molecule has 32 heavy (non-hydrogen) atoms. The molecule has 4 rings (SSSR count). The first-order valence-electron chi connectivity index (χ1n) is 10.8. The van der Waals surface area contributed by atoms with Crippen molar-refractivity contribution in [2.45, 2.75) is 39.3 Å². The van der Waals surface area contributed by atoms with E-state index in [1.807, 2.05) is 6.07 Å². The Morgan fingerprint density at radius 2 is 1.34 bits per heavy atom. The number of hydrogen-bond acceptors (Lipinski definition) is 2. The molecule has 1 aliphatic carbocycles. The van der Waals surface area contributed by atoms with Crippen LogP contribution in [0.1, 0.15) is 49.2 Å². The summed E-state index contributed by atoms with van der Waals surface area (Å²) in [6.45, 7) is 10.6. The number of benzene rings is 3. The summed E-state index contributed by atoms with van der Waals surface area (Å²) in [7, 11) is 0. The fraction of sp³-hybridized carbons (Fsp3) is 0.296. The third-order valence-electron chi connectivity index (χ3n) is 6.53. The summed E-state index contributed by atoms with van der Waals surface area (Å²) in [6, 6.07) is 18.5. The maximum Gasteiger partial charge on any atom is 0.454 e. The Labute approximate surface area is 186 Å². The van der Waals surface area contributed by atoms with Crippen molar-refractivity contribution in [1.82, 2.24) is 0 Å². The van der Waals surface area contributed by atoms with Crippen LogP contribution in [0.5, 0.6) is 0 Å². The van der Waals surface area contributed by atoms with Crippen LogP contribution in [0.4, 0.5) is 18.9 Å². The maximum absolute atomic E-state index is 12.7. The summed E-state index contributed by atoms with van der Waals surface area (Å²) in [5.41, 5.74) is 7.23. The fourth-order valence-electron chi connectivity index (χ4n) is 4.67. The van der Waals surface area contributed by atoms with Gasteiger partial charge in [-0.15, -0.1) is 0 Å². The molecule has 0 N–H and O–H groups in total. The van der Waals surface area contributed by atoms with E-state index in [0.717, 1.165) is 24.2 Å². The third-order valence-corrected chi connectivity index (χ3v) is 6.53. The summed E-state index contributed by atoms with van der Waals surface area (Å²) < 4.78 is 38.1. The lowest BCUT2D eigenvalue weighted by atomic mass is 9.81. The first kappa shape index (κ1) is 22.1. The number of rotatable bonds is 5. The van der Waals surface area contributed by atoms with Crippen molar-refractivity contribution in [2.75, 3.05) is 18.0 Å². The number of fused-ring (bicyclic) bond motifs is 3. The highest BCUT2D eigenvalue weighted by atomic mass is 19.4. The molecule has 1 aliphatic rings. The van der Waals surface area contributed by atoms with Gasteiger partial charge < -0.3 is 4.90 Å². The highest BCUT2D eigenvalue weighted by Gasteiger charge is 2.39. The van der Waals surface area contributed by atoms with Gasteiger partial charge in [-0.3, -0.25) is 4.79 Å².